The summed E-state index contributed by atoms with van der Waals surface area (Å²) in [7, 11) is 0. The highest BCUT2D eigenvalue weighted by Gasteiger charge is 2.36. The number of amides is 3. The molecule has 166 valence electrons. The summed E-state index contributed by atoms with van der Waals surface area (Å²) in [5.41, 5.74) is 2.26. The maximum Gasteiger partial charge on any atom is 0.320 e. The molecule has 0 aliphatic carbocycles. The molecule has 0 bridgehead atoms. The van der Waals surface area contributed by atoms with Crippen LogP contribution in [0.25, 0.3) is 0 Å². The van der Waals surface area contributed by atoms with Crippen molar-refractivity contribution in [3.05, 3.63) is 65.0 Å². The van der Waals surface area contributed by atoms with E-state index in [9.17, 15) is 9.59 Å². The molecule has 2 aromatic carbocycles. The molecule has 0 spiro atoms. The highest BCUT2D eigenvalue weighted by molar-refractivity contribution is 8.03. The third-order valence-corrected chi connectivity index (χ3v) is 6.76. The number of thioether (sulfide) groups is 1. The number of halogens is 1. The number of amidine groups is 1. The van der Waals surface area contributed by atoms with Crippen molar-refractivity contribution < 1.29 is 9.59 Å². The van der Waals surface area contributed by atoms with Crippen molar-refractivity contribution in [1.29, 1.82) is 5.41 Å². The highest BCUT2D eigenvalue weighted by atomic mass is 35.5. The van der Waals surface area contributed by atoms with Crippen LogP contribution in [-0.2, 0) is 4.79 Å². The zero-order valence-electron chi connectivity index (χ0n) is 17.4. The zero-order chi connectivity index (χ0) is 22.6. The van der Waals surface area contributed by atoms with Gasteiger partial charge < -0.3 is 20.9 Å². The van der Waals surface area contributed by atoms with E-state index in [0.717, 1.165) is 25.1 Å². The smallest absolute Gasteiger partial charge is 0.320 e. The number of carbonyl (C=O) groups excluding carboxylic acids is 2. The number of hydrogen-bond donors (Lipinski definition) is 4. The number of urea groups is 1. The largest absolute Gasteiger partial charge is 0.330 e. The summed E-state index contributed by atoms with van der Waals surface area (Å²) in [6, 6.07) is 14.0. The number of rotatable bonds is 6. The molecule has 1 atom stereocenters. The SMILES string of the molecule is N=C1CCCN1c1ccc(NC(=O)C[C@@]2(NC(=O)Nc3ccc(Cl)cc3)CC=CS2)cc1. The van der Waals surface area contributed by atoms with Gasteiger partial charge in [-0.1, -0.05) is 17.7 Å². The van der Waals surface area contributed by atoms with E-state index in [1.807, 2.05) is 40.6 Å². The number of carbonyl (C=O) groups is 2. The minimum atomic E-state index is -0.745. The third-order valence-electron chi connectivity index (χ3n) is 5.31. The molecule has 2 aromatic rings. The van der Waals surface area contributed by atoms with Gasteiger partial charge in [-0.25, -0.2) is 4.79 Å². The Kier molecular flexibility index (Phi) is 6.72. The Bertz CT molecular complexity index is 1030. The van der Waals surface area contributed by atoms with Crippen molar-refractivity contribution in [2.45, 2.75) is 30.6 Å². The lowest BCUT2D eigenvalue weighted by molar-refractivity contribution is -0.116. The van der Waals surface area contributed by atoms with Crippen LogP contribution < -0.4 is 20.9 Å². The second-order valence-corrected chi connectivity index (χ2v) is 9.47. The Morgan fingerprint density at radius 3 is 2.38 bits per heavy atom. The van der Waals surface area contributed by atoms with Gasteiger partial charge in [-0.05, 0) is 66.8 Å². The molecule has 32 heavy (non-hydrogen) atoms. The van der Waals surface area contributed by atoms with Crippen molar-refractivity contribution >= 4 is 58.2 Å². The maximum atomic E-state index is 12.8. The van der Waals surface area contributed by atoms with Crippen LogP contribution in [0.4, 0.5) is 21.9 Å². The molecule has 4 rings (SSSR count). The molecule has 0 saturated carbocycles. The lowest BCUT2D eigenvalue weighted by Gasteiger charge is -2.29. The van der Waals surface area contributed by atoms with E-state index in [-0.39, 0.29) is 18.4 Å². The minimum absolute atomic E-state index is 0.122. The Hall–Kier alpha value is -2.97. The average molecular weight is 470 g/mol. The molecule has 1 fully saturated rings. The molecule has 4 N–H and O–H groups in total. The number of nitrogens with one attached hydrogen (secondary N) is 4. The summed E-state index contributed by atoms with van der Waals surface area (Å²) in [5.74, 6) is 0.437. The molecule has 0 unspecified atom stereocenters. The molecule has 2 aliphatic rings. The van der Waals surface area contributed by atoms with Crippen LogP contribution >= 0.6 is 23.4 Å². The van der Waals surface area contributed by atoms with Gasteiger partial charge in [0, 0.05) is 35.1 Å². The van der Waals surface area contributed by atoms with E-state index in [4.69, 9.17) is 17.0 Å². The summed E-state index contributed by atoms with van der Waals surface area (Å²) in [6.45, 7) is 0.848. The molecule has 2 aliphatic heterocycles. The Morgan fingerprint density at radius 2 is 1.75 bits per heavy atom. The number of hydrogen-bond acceptors (Lipinski definition) is 4. The Morgan fingerprint density at radius 1 is 1.06 bits per heavy atom. The molecule has 3 amide bonds. The fourth-order valence-electron chi connectivity index (χ4n) is 3.75. The van der Waals surface area contributed by atoms with Gasteiger partial charge in [-0.15, -0.1) is 11.8 Å². The second-order valence-electron chi connectivity index (χ2n) is 7.75. The number of nitrogens with zero attached hydrogens (tertiary/aromatic N) is 1. The van der Waals surface area contributed by atoms with Gasteiger partial charge in [0.15, 0.2) is 0 Å². The van der Waals surface area contributed by atoms with Crippen LogP contribution in [0.15, 0.2) is 60.0 Å². The van der Waals surface area contributed by atoms with Crippen LogP contribution in [0.2, 0.25) is 5.02 Å². The maximum absolute atomic E-state index is 12.8. The summed E-state index contributed by atoms with van der Waals surface area (Å²) in [6.07, 6.45) is 4.40. The number of benzene rings is 2. The molecule has 2 heterocycles. The molecular weight excluding hydrogens is 446 g/mol. The topological polar surface area (TPSA) is 97.3 Å². The molecule has 9 heteroatoms. The van der Waals surface area contributed by atoms with Crippen molar-refractivity contribution in [3.8, 4) is 0 Å². The van der Waals surface area contributed by atoms with E-state index in [2.05, 4.69) is 16.0 Å². The first kappa shape index (κ1) is 22.2. The van der Waals surface area contributed by atoms with E-state index < -0.39 is 4.87 Å². The first-order valence-electron chi connectivity index (χ1n) is 10.3. The van der Waals surface area contributed by atoms with E-state index in [1.165, 1.54) is 11.8 Å². The predicted octanol–water partition coefficient (Wildman–Crippen LogP) is 5.41. The summed E-state index contributed by atoms with van der Waals surface area (Å²) in [5, 5.41) is 19.1. The second kappa shape index (κ2) is 9.67. The van der Waals surface area contributed by atoms with Crippen molar-refractivity contribution in [3.63, 3.8) is 0 Å². The number of anilines is 3. The summed E-state index contributed by atoms with van der Waals surface area (Å²) in [4.78, 5) is 26.5. The molecule has 0 radical (unpaired) electrons. The van der Waals surface area contributed by atoms with Gasteiger partial charge in [-0.3, -0.25) is 10.2 Å². The van der Waals surface area contributed by atoms with Crippen molar-refractivity contribution in [2.75, 3.05) is 22.1 Å². The van der Waals surface area contributed by atoms with Crippen LogP contribution in [-0.4, -0.2) is 29.2 Å². The van der Waals surface area contributed by atoms with Crippen LogP contribution in [0.3, 0.4) is 0 Å². The first-order chi connectivity index (χ1) is 15.4. The van der Waals surface area contributed by atoms with Gasteiger partial charge in [-0.2, -0.15) is 0 Å². The van der Waals surface area contributed by atoms with Gasteiger partial charge in [0.25, 0.3) is 0 Å². The van der Waals surface area contributed by atoms with Gasteiger partial charge in [0.05, 0.1) is 6.42 Å². The predicted molar refractivity (Wildman–Crippen MR) is 132 cm³/mol. The molecule has 0 aromatic heterocycles. The Balaban J connectivity index is 1.35. The summed E-state index contributed by atoms with van der Waals surface area (Å²) < 4.78 is 0. The Labute approximate surface area is 196 Å². The highest BCUT2D eigenvalue weighted by Crippen LogP contribution is 2.37. The fraction of sp³-hybridized carbons (Fsp3) is 0.261. The van der Waals surface area contributed by atoms with Gasteiger partial charge in [0.1, 0.15) is 10.7 Å². The van der Waals surface area contributed by atoms with E-state index >= 15 is 0 Å². The van der Waals surface area contributed by atoms with Crippen LogP contribution in [0.5, 0.6) is 0 Å². The lowest BCUT2D eigenvalue weighted by Crippen LogP contribution is -2.48. The summed E-state index contributed by atoms with van der Waals surface area (Å²) >= 11 is 7.31. The molecule has 1 saturated heterocycles. The van der Waals surface area contributed by atoms with E-state index in [1.54, 1.807) is 24.3 Å². The van der Waals surface area contributed by atoms with Crippen LogP contribution in [0, 0.1) is 5.41 Å². The minimum Gasteiger partial charge on any atom is -0.330 e. The standard InChI is InChI=1S/C23H24ClN5O2S/c24-16-4-6-18(7-5-16)27-22(31)28-23(12-2-14-32-23)15-21(30)26-17-8-10-19(11-9-17)29-13-1-3-20(29)25/h2,4-11,14,25H,1,3,12-13,15H2,(H,26,30)(H2,27,28,31)/t23-/m1/s1. The zero-order valence-corrected chi connectivity index (χ0v) is 18.9. The monoisotopic (exact) mass is 469 g/mol. The first-order valence-corrected chi connectivity index (χ1v) is 11.6. The third kappa shape index (κ3) is 5.44. The van der Waals surface area contributed by atoms with Crippen molar-refractivity contribution in [1.82, 2.24) is 5.32 Å². The van der Waals surface area contributed by atoms with Gasteiger partial charge in [0.2, 0.25) is 5.91 Å². The quantitative estimate of drug-likeness (QED) is 0.454. The molecular formula is C23H24ClN5O2S. The molecule has 7 nitrogen and oxygen atoms in total. The van der Waals surface area contributed by atoms with Crippen LogP contribution in [0.1, 0.15) is 25.7 Å². The normalized spacial score (nSPS) is 19.8. The lowest BCUT2D eigenvalue weighted by atomic mass is 10.1. The van der Waals surface area contributed by atoms with Gasteiger partial charge >= 0.3 is 6.03 Å². The average Bonchev–Trinajstić information content (AvgIpc) is 3.39. The van der Waals surface area contributed by atoms with E-state index in [0.29, 0.717) is 28.7 Å². The fourth-order valence-corrected chi connectivity index (χ4v) is 4.89. The van der Waals surface area contributed by atoms with Crippen molar-refractivity contribution in [2.24, 2.45) is 0 Å².